The van der Waals surface area contributed by atoms with Crippen LogP contribution in [-0.4, -0.2) is 16.2 Å². The lowest BCUT2D eigenvalue weighted by molar-refractivity contribution is 0.344. The Balaban J connectivity index is 2.31. The fourth-order valence-electron chi connectivity index (χ4n) is 2.38. The molecule has 0 bridgehead atoms. The van der Waals surface area contributed by atoms with E-state index in [0.717, 1.165) is 5.52 Å². The van der Waals surface area contributed by atoms with Crippen LogP contribution < -0.4 is 10.5 Å². The second-order valence-electron chi connectivity index (χ2n) is 4.49. The molecule has 1 aromatic heterocycles. The standard InChI is InChI=1S/C16H14N4O/c1-2-21-14-9-5-8-13-15(14)19-16(18)20(13)12-7-4-3-6-11(12)10-17/h3-9H,2H2,1H3,(H2,18,19). The molecule has 1 heterocycles. The third-order valence-corrected chi connectivity index (χ3v) is 3.24. The van der Waals surface area contributed by atoms with Gasteiger partial charge in [-0.05, 0) is 31.2 Å². The summed E-state index contributed by atoms with van der Waals surface area (Å²) in [4.78, 5) is 4.39. The lowest BCUT2D eigenvalue weighted by Crippen LogP contribution is -2.02. The Morgan fingerprint density at radius 1 is 1.24 bits per heavy atom. The summed E-state index contributed by atoms with van der Waals surface area (Å²) in [6.45, 7) is 2.48. The molecule has 0 aliphatic rings. The highest BCUT2D eigenvalue weighted by Crippen LogP contribution is 2.30. The monoisotopic (exact) mass is 278 g/mol. The first-order valence-electron chi connectivity index (χ1n) is 6.65. The molecule has 0 atom stereocenters. The minimum absolute atomic E-state index is 0.333. The van der Waals surface area contributed by atoms with Crippen LogP contribution in [-0.2, 0) is 0 Å². The van der Waals surface area contributed by atoms with Crippen LogP contribution in [0.5, 0.6) is 5.75 Å². The molecule has 2 N–H and O–H groups in total. The molecule has 0 amide bonds. The Labute approximate surface area is 122 Å². The van der Waals surface area contributed by atoms with Gasteiger partial charge in [0.05, 0.1) is 23.4 Å². The first-order chi connectivity index (χ1) is 10.3. The van der Waals surface area contributed by atoms with Crippen LogP contribution in [0.15, 0.2) is 42.5 Å². The number of nitrogens with zero attached hydrogens (tertiary/aromatic N) is 3. The van der Waals surface area contributed by atoms with E-state index in [4.69, 9.17) is 10.5 Å². The van der Waals surface area contributed by atoms with Crippen LogP contribution in [0, 0.1) is 11.3 Å². The van der Waals surface area contributed by atoms with E-state index in [-0.39, 0.29) is 0 Å². The predicted octanol–water partition coefficient (Wildman–Crippen LogP) is 2.88. The van der Waals surface area contributed by atoms with Gasteiger partial charge in [0, 0.05) is 0 Å². The van der Waals surface area contributed by atoms with Gasteiger partial charge in [-0.25, -0.2) is 4.98 Å². The maximum absolute atomic E-state index is 9.27. The number of aromatic nitrogens is 2. The van der Waals surface area contributed by atoms with Crippen LogP contribution in [0.2, 0.25) is 0 Å². The molecule has 3 rings (SSSR count). The summed E-state index contributed by atoms with van der Waals surface area (Å²) in [5.74, 6) is 1.02. The summed E-state index contributed by atoms with van der Waals surface area (Å²) < 4.78 is 7.36. The highest BCUT2D eigenvalue weighted by molar-refractivity contribution is 5.86. The Morgan fingerprint density at radius 2 is 2.05 bits per heavy atom. The van der Waals surface area contributed by atoms with Crippen molar-refractivity contribution in [1.82, 2.24) is 9.55 Å². The van der Waals surface area contributed by atoms with Gasteiger partial charge in [0.25, 0.3) is 0 Å². The molecule has 104 valence electrons. The van der Waals surface area contributed by atoms with Crippen molar-refractivity contribution in [3.05, 3.63) is 48.0 Å². The average Bonchev–Trinajstić information content (AvgIpc) is 2.84. The molecule has 0 fully saturated rings. The molecule has 5 heteroatoms. The van der Waals surface area contributed by atoms with Gasteiger partial charge in [-0.3, -0.25) is 4.57 Å². The summed E-state index contributed by atoms with van der Waals surface area (Å²) in [6, 6.07) is 15.1. The van der Waals surface area contributed by atoms with Gasteiger partial charge in [-0.2, -0.15) is 5.26 Å². The van der Waals surface area contributed by atoms with Crippen LogP contribution in [0.4, 0.5) is 5.95 Å². The Morgan fingerprint density at radius 3 is 2.81 bits per heavy atom. The topological polar surface area (TPSA) is 76.9 Å². The molecule has 0 unspecified atom stereocenters. The van der Waals surface area contributed by atoms with Gasteiger partial charge in [0.15, 0.2) is 0 Å². The molecular weight excluding hydrogens is 264 g/mol. The Bertz CT molecular complexity index is 845. The number of hydrogen-bond acceptors (Lipinski definition) is 4. The van der Waals surface area contributed by atoms with Crippen LogP contribution in [0.1, 0.15) is 12.5 Å². The van der Waals surface area contributed by atoms with Crippen molar-refractivity contribution in [2.24, 2.45) is 0 Å². The fourth-order valence-corrected chi connectivity index (χ4v) is 2.38. The van der Waals surface area contributed by atoms with Gasteiger partial charge in [0.2, 0.25) is 5.95 Å². The molecular formula is C16H14N4O. The molecule has 0 aliphatic carbocycles. The second-order valence-corrected chi connectivity index (χ2v) is 4.49. The maximum atomic E-state index is 9.27. The Hall–Kier alpha value is -3.00. The highest BCUT2D eigenvalue weighted by atomic mass is 16.5. The largest absolute Gasteiger partial charge is 0.492 e. The van der Waals surface area contributed by atoms with E-state index in [1.165, 1.54) is 0 Å². The molecule has 0 saturated heterocycles. The zero-order valence-electron chi connectivity index (χ0n) is 11.6. The van der Waals surface area contributed by atoms with Gasteiger partial charge >= 0.3 is 0 Å². The lowest BCUT2D eigenvalue weighted by atomic mass is 10.2. The van der Waals surface area contributed by atoms with Gasteiger partial charge in [-0.15, -0.1) is 0 Å². The van der Waals surface area contributed by atoms with Crippen LogP contribution in [0.3, 0.4) is 0 Å². The number of fused-ring (bicyclic) bond motifs is 1. The van der Waals surface area contributed by atoms with Crippen LogP contribution in [0.25, 0.3) is 16.7 Å². The summed E-state index contributed by atoms with van der Waals surface area (Å²) in [5, 5.41) is 9.27. The van der Waals surface area contributed by atoms with Gasteiger partial charge in [-0.1, -0.05) is 18.2 Å². The van der Waals surface area contributed by atoms with E-state index in [9.17, 15) is 5.26 Å². The van der Waals surface area contributed by atoms with Crippen molar-refractivity contribution in [3.63, 3.8) is 0 Å². The third kappa shape index (κ3) is 2.07. The number of ether oxygens (including phenoxy) is 1. The quantitative estimate of drug-likeness (QED) is 0.799. The lowest BCUT2D eigenvalue weighted by Gasteiger charge is -2.08. The SMILES string of the molecule is CCOc1cccc2c1nc(N)n2-c1ccccc1C#N. The molecule has 0 saturated carbocycles. The fraction of sp³-hybridized carbons (Fsp3) is 0.125. The van der Waals surface area contributed by atoms with E-state index >= 15 is 0 Å². The molecule has 5 nitrogen and oxygen atoms in total. The molecule has 0 spiro atoms. The van der Waals surface area contributed by atoms with Crippen molar-refractivity contribution in [3.8, 4) is 17.5 Å². The van der Waals surface area contributed by atoms with E-state index in [0.29, 0.717) is 35.1 Å². The molecule has 2 aromatic carbocycles. The number of imidazole rings is 1. The second kappa shape index (κ2) is 5.17. The zero-order chi connectivity index (χ0) is 14.8. The van der Waals surface area contributed by atoms with Gasteiger partial charge < -0.3 is 10.5 Å². The minimum Gasteiger partial charge on any atom is -0.492 e. The number of nitriles is 1. The van der Waals surface area contributed by atoms with Crippen molar-refractivity contribution >= 4 is 17.0 Å². The number of nitrogens with two attached hydrogens (primary N) is 1. The van der Waals surface area contributed by atoms with Crippen molar-refractivity contribution in [2.75, 3.05) is 12.3 Å². The normalized spacial score (nSPS) is 10.5. The van der Waals surface area contributed by atoms with Crippen molar-refractivity contribution < 1.29 is 4.74 Å². The minimum atomic E-state index is 0.333. The summed E-state index contributed by atoms with van der Waals surface area (Å²) in [5.41, 5.74) is 8.84. The first kappa shape index (κ1) is 13.0. The summed E-state index contributed by atoms with van der Waals surface area (Å²) >= 11 is 0. The smallest absolute Gasteiger partial charge is 0.206 e. The number of benzene rings is 2. The number of rotatable bonds is 3. The van der Waals surface area contributed by atoms with Gasteiger partial charge in [0.1, 0.15) is 17.3 Å². The number of para-hydroxylation sites is 2. The van der Waals surface area contributed by atoms with Crippen molar-refractivity contribution in [2.45, 2.75) is 6.92 Å². The molecule has 0 aliphatic heterocycles. The number of nitrogen functional groups attached to an aromatic ring is 1. The number of anilines is 1. The maximum Gasteiger partial charge on any atom is 0.206 e. The van der Waals surface area contributed by atoms with Crippen molar-refractivity contribution in [1.29, 1.82) is 5.26 Å². The van der Waals surface area contributed by atoms with E-state index < -0.39 is 0 Å². The molecule has 21 heavy (non-hydrogen) atoms. The average molecular weight is 278 g/mol. The third-order valence-electron chi connectivity index (χ3n) is 3.24. The number of hydrogen-bond donors (Lipinski definition) is 1. The predicted molar refractivity (Wildman–Crippen MR) is 81.4 cm³/mol. The first-order valence-corrected chi connectivity index (χ1v) is 6.65. The molecule has 0 radical (unpaired) electrons. The van der Waals surface area contributed by atoms with E-state index in [2.05, 4.69) is 11.1 Å². The molecule has 3 aromatic rings. The Kier molecular flexibility index (Phi) is 3.20. The van der Waals surface area contributed by atoms with E-state index in [1.54, 1.807) is 10.6 Å². The zero-order valence-corrected chi connectivity index (χ0v) is 11.6. The summed E-state index contributed by atoms with van der Waals surface area (Å²) in [7, 11) is 0. The van der Waals surface area contributed by atoms with E-state index in [1.807, 2.05) is 43.3 Å². The summed E-state index contributed by atoms with van der Waals surface area (Å²) in [6.07, 6.45) is 0. The van der Waals surface area contributed by atoms with Crippen LogP contribution >= 0.6 is 0 Å². The highest BCUT2D eigenvalue weighted by Gasteiger charge is 2.15.